The van der Waals surface area contributed by atoms with Gasteiger partial charge in [0, 0.05) is 0 Å². The fourth-order valence-corrected chi connectivity index (χ4v) is 3.06. The summed E-state index contributed by atoms with van der Waals surface area (Å²) in [6.45, 7) is 3.90. The molecule has 21 heavy (non-hydrogen) atoms. The molecule has 0 atom stereocenters. The van der Waals surface area contributed by atoms with E-state index < -0.39 is 13.6 Å². The number of ether oxygens (including phenoxy) is 2. The van der Waals surface area contributed by atoms with Crippen molar-refractivity contribution in [3.05, 3.63) is 29.8 Å². The number of hydrogen-bond donors (Lipinski definition) is 0. The fourth-order valence-electron chi connectivity index (χ4n) is 1.61. The first-order valence-electron chi connectivity index (χ1n) is 6.69. The van der Waals surface area contributed by atoms with Gasteiger partial charge in [0.2, 0.25) is 0 Å². The van der Waals surface area contributed by atoms with E-state index in [-0.39, 0.29) is 26.0 Å². The van der Waals surface area contributed by atoms with Crippen molar-refractivity contribution in [2.75, 3.05) is 26.5 Å². The molecule has 6 nitrogen and oxygen atoms in total. The molecule has 1 aromatic rings. The summed E-state index contributed by atoms with van der Waals surface area (Å²) in [5.74, 6) is 0.110. The standard InChI is InChI=1S/C14H21O6P/c1-4-19-21(16,20-5-2)11-14(15)18-10-12-6-8-13(17-3)9-7-12/h6-9H,4-5,10-11H2,1-3H3. The number of hydrogen-bond acceptors (Lipinski definition) is 6. The van der Waals surface area contributed by atoms with Crippen LogP contribution in [0, 0.1) is 0 Å². The molecule has 1 rings (SSSR count). The first kappa shape index (κ1) is 17.7. The predicted octanol–water partition coefficient (Wildman–Crippen LogP) is 3.00. The van der Waals surface area contributed by atoms with E-state index in [0.717, 1.165) is 11.3 Å². The molecule has 0 aromatic heterocycles. The van der Waals surface area contributed by atoms with Crippen molar-refractivity contribution in [3.63, 3.8) is 0 Å². The van der Waals surface area contributed by atoms with Crippen LogP contribution in [0.5, 0.6) is 5.75 Å². The van der Waals surface area contributed by atoms with Gasteiger partial charge in [-0.25, -0.2) is 0 Å². The summed E-state index contributed by atoms with van der Waals surface area (Å²) in [6.07, 6.45) is -0.384. The Kier molecular flexibility index (Phi) is 7.43. The highest BCUT2D eigenvalue weighted by Crippen LogP contribution is 2.47. The first-order chi connectivity index (χ1) is 10.0. The SMILES string of the molecule is CCOP(=O)(CC(=O)OCc1ccc(OC)cc1)OCC. The highest BCUT2D eigenvalue weighted by Gasteiger charge is 2.28. The number of esters is 1. The molecule has 0 radical (unpaired) electrons. The molecule has 7 heteroatoms. The van der Waals surface area contributed by atoms with Crippen molar-refractivity contribution in [1.82, 2.24) is 0 Å². The zero-order valence-electron chi connectivity index (χ0n) is 12.5. The van der Waals surface area contributed by atoms with Gasteiger partial charge in [0.15, 0.2) is 0 Å². The van der Waals surface area contributed by atoms with Crippen LogP contribution in [-0.4, -0.2) is 32.5 Å². The maximum Gasteiger partial charge on any atom is 0.341 e. The lowest BCUT2D eigenvalue weighted by atomic mass is 10.2. The van der Waals surface area contributed by atoms with Gasteiger partial charge in [0.05, 0.1) is 20.3 Å². The lowest BCUT2D eigenvalue weighted by Crippen LogP contribution is -2.13. The molecule has 0 saturated carbocycles. The van der Waals surface area contributed by atoms with Crippen molar-refractivity contribution in [2.24, 2.45) is 0 Å². The number of methoxy groups -OCH3 is 1. The Balaban J connectivity index is 2.50. The minimum absolute atomic E-state index is 0.0983. The molecule has 0 aliphatic rings. The molecule has 0 fully saturated rings. The summed E-state index contributed by atoms with van der Waals surface area (Å²) in [4.78, 5) is 11.7. The Morgan fingerprint density at radius 3 is 2.14 bits per heavy atom. The third-order valence-corrected chi connectivity index (χ3v) is 4.48. The molecule has 118 valence electrons. The van der Waals surface area contributed by atoms with E-state index in [0.29, 0.717) is 0 Å². The minimum atomic E-state index is -3.40. The summed E-state index contributed by atoms with van der Waals surface area (Å²) < 4.78 is 32.3. The zero-order chi connectivity index (χ0) is 15.7. The highest BCUT2D eigenvalue weighted by molar-refractivity contribution is 7.54. The third kappa shape index (κ3) is 6.29. The van der Waals surface area contributed by atoms with E-state index in [1.165, 1.54) is 0 Å². The van der Waals surface area contributed by atoms with Gasteiger partial charge >= 0.3 is 13.6 Å². The van der Waals surface area contributed by atoms with Crippen molar-refractivity contribution >= 4 is 13.6 Å². The van der Waals surface area contributed by atoms with Gasteiger partial charge in [0.25, 0.3) is 0 Å². The van der Waals surface area contributed by atoms with Gasteiger partial charge in [0.1, 0.15) is 18.5 Å². The molecule has 0 aliphatic heterocycles. The average Bonchev–Trinajstić information content (AvgIpc) is 2.46. The molecular weight excluding hydrogens is 295 g/mol. The fraction of sp³-hybridized carbons (Fsp3) is 0.500. The van der Waals surface area contributed by atoms with E-state index >= 15 is 0 Å². The van der Waals surface area contributed by atoms with Crippen LogP contribution in [0.1, 0.15) is 19.4 Å². The van der Waals surface area contributed by atoms with E-state index in [4.69, 9.17) is 18.5 Å². The first-order valence-corrected chi connectivity index (χ1v) is 8.42. The van der Waals surface area contributed by atoms with Crippen LogP contribution in [0.2, 0.25) is 0 Å². The Morgan fingerprint density at radius 1 is 1.10 bits per heavy atom. The van der Waals surface area contributed by atoms with E-state index in [2.05, 4.69) is 0 Å². The van der Waals surface area contributed by atoms with Gasteiger partial charge < -0.3 is 18.5 Å². The maximum absolute atomic E-state index is 12.2. The molecule has 1 aromatic carbocycles. The van der Waals surface area contributed by atoms with Crippen molar-refractivity contribution in [1.29, 1.82) is 0 Å². The second kappa shape index (κ2) is 8.82. The Hall–Kier alpha value is -1.36. The minimum Gasteiger partial charge on any atom is -0.497 e. The molecule has 0 heterocycles. The number of carbonyl (C=O) groups is 1. The van der Waals surface area contributed by atoms with Gasteiger partial charge in [-0.3, -0.25) is 9.36 Å². The molecule has 0 aliphatic carbocycles. The van der Waals surface area contributed by atoms with Gasteiger partial charge in [-0.15, -0.1) is 0 Å². The molecule has 0 saturated heterocycles. The summed E-state index contributed by atoms with van der Waals surface area (Å²) in [5, 5.41) is 0. The maximum atomic E-state index is 12.2. The van der Waals surface area contributed by atoms with Crippen LogP contribution in [0.4, 0.5) is 0 Å². The largest absolute Gasteiger partial charge is 0.497 e. The lowest BCUT2D eigenvalue weighted by molar-refractivity contribution is -0.142. The monoisotopic (exact) mass is 316 g/mol. The van der Waals surface area contributed by atoms with Gasteiger partial charge in [-0.05, 0) is 31.5 Å². The highest BCUT2D eigenvalue weighted by atomic mass is 31.2. The van der Waals surface area contributed by atoms with E-state index in [1.807, 2.05) is 0 Å². The van der Waals surface area contributed by atoms with Crippen LogP contribution in [0.25, 0.3) is 0 Å². The summed E-state index contributed by atoms with van der Waals surface area (Å²) in [5.41, 5.74) is 0.812. The average molecular weight is 316 g/mol. The molecule has 0 unspecified atom stereocenters. The van der Waals surface area contributed by atoms with Crippen LogP contribution in [0.15, 0.2) is 24.3 Å². The normalized spacial score (nSPS) is 11.2. The van der Waals surface area contributed by atoms with Gasteiger partial charge in [-0.2, -0.15) is 0 Å². The summed E-state index contributed by atoms with van der Waals surface area (Å²) >= 11 is 0. The zero-order valence-corrected chi connectivity index (χ0v) is 13.4. The van der Waals surface area contributed by atoms with Crippen molar-refractivity contribution < 1.29 is 27.9 Å². The second-order valence-electron chi connectivity index (χ2n) is 4.11. The van der Waals surface area contributed by atoms with Crippen molar-refractivity contribution in [2.45, 2.75) is 20.5 Å². The summed E-state index contributed by atoms with van der Waals surface area (Å²) in [7, 11) is -1.83. The topological polar surface area (TPSA) is 71.1 Å². The smallest absolute Gasteiger partial charge is 0.341 e. The van der Waals surface area contributed by atoms with E-state index in [1.54, 1.807) is 45.2 Å². The Labute approximate surface area is 124 Å². The van der Waals surface area contributed by atoms with Crippen LogP contribution in [0.3, 0.4) is 0 Å². The Morgan fingerprint density at radius 2 is 1.67 bits per heavy atom. The van der Waals surface area contributed by atoms with Crippen LogP contribution >= 0.6 is 7.60 Å². The molecule has 0 amide bonds. The van der Waals surface area contributed by atoms with Gasteiger partial charge in [-0.1, -0.05) is 12.1 Å². The quantitative estimate of drug-likeness (QED) is 0.515. The number of benzene rings is 1. The molecule has 0 spiro atoms. The predicted molar refractivity (Wildman–Crippen MR) is 78.5 cm³/mol. The van der Waals surface area contributed by atoms with E-state index in [9.17, 15) is 9.36 Å². The van der Waals surface area contributed by atoms with Crippen LogP contribution in [-0.2, 0) is 29.8 Å². The van der Waals surface area contributed by atoms with Crippen molar-refractivity contribution in [3.8, 4) is 5.75 Å². The lowest BCUT2D eigenvalue weighted by Gasteiger charge is -2.16. The molecule has 0 bridgehead atoms. The summed E-state index contributed by atoms with van der Waals surface area (Å²) in [6, 6.07) is 7.12. The molecular formula is C14H21O6P. The third-order valence-electron chi connectivity index (χ3n) is 2.53. The number of carbonyl (C=O) groups excluding carboxylic acids is 1. The molecule has 0 N–H and O–H groups in total. The second-order valence-corrected chi connectivity index (χ2v) is 6.17. The van der Waals surface area contributed by atoms with Crippen LogP contribution < -0.4 is 4.74 Å². The Bertz CT molecular complexity index is 475. The number of rotatable bonds is 9.